The minimum Gasteiger partial charge on any atom is -0.497 e. The molecule has 0 aromatic heterocycles. The molecule has 2 aromatic rings. The van der Waals surface area contributed by atoms with Gasteiger partial charge in [0, 0.05) is 29.6 Å². The van der Waals surface area contributed by atoms with Gasteiger partial charge in [0.2, 0.25) is 0 Å². The monoisotopic (exact) mass is 403 g/mol. The smallest absolute Gasteiger partial charge is 0.329 e. The number of fused-ring (bicyclic) bond motifs is 1. The first-order valence-electron chi connectivity index (χ1n) is 8.52. The van der Waals surface area contributed by atoms with Gasteiger partial charge >= 0.3 is 6.03 Å². The molecule has 4 rings (SSSR count). The zero-order valence-electron chi connectivity index (χ0n) is 14.9. The first-order chi connectivity index (χ1) is 13.3. The lowest BCUT2D eigenvalue weighted by molar-refractivity contribution is -0.384. The van der Waals surface area contributed by atoms with Crippen molar-refractivity contribution >= 4 is 32.9 Å². The van der Waals surface area contributed by atoms with Gasteiger partial charge in [-0.2, -0.15) is 0 Å². The highest BCUT2D eigenvalue weighted by Crippen LogP contribution is 2.39. The second kappa shape index (κ2) is 6.48. The summed E-state index contributed by atoms with van der Waals surface area (Å²) < 4.78 is 29.8. The molecule has 0 unspecified atom stereocenters. The number of benzene rings is 2. The lowest BCUT2D eigenvalue weighted by Crippen LogP contribution is -2.37. The van der Waals surface area contributed by atoms with Crippen LogP contribution in [0, 0.1) is 10.1 Å². The van der Waals surface area contributed by atoms with E-state index < -0.39 is 26.8 Å². The van der Waals surface area contributed by atoms with Crippen LogP contribution in [-0.4, -0.2) is 50.1 Å². The van der Waals surface area contributed by atoms with Crippen LogP contribution in [0.2, 0.25) is 0 Å². The summed E-state index contributed by atoms with van der Waals surface area (Å²) in [5.74, 6) is 0.266. The fourth-order valence-electron chi connectivity index (χ4n) is 3.80. The van der Waals surface area contributed by atoms with Crippen molar-refractivity contribution in [2.45, 2.75) is 12.1 Å². The van der Waals surface area contributed by atoms with Gasteiger partial charge in [-0.25, -0.2) is 13.2 Å². The zero-order chi connectivity index (χ0) is 20.1. The van der Waals surface area contributed by atoms with Crippen LogP contribution in [0.4, 0.5) is 21.9 Å². The number of anilines is 2. The third-order valence-corrected chi connectivity index (χ3v) is 6.74. The van der Waals surface area contributed by atoms with E-state index in [4.69, 9.17) is 4.74 Å². The molecule has 2 heterocycles. The summed E-state index contributed by atoms with van der Waals surface area (Å²) in [6, 6.07) is 10.9. The van der Waals surface area contributed by atoms with Crippen LogP contribution in [0.1, 0.15) is 0 Å². The summed E-state index contributed by atoms with van der Waals surface area (Å²) in [7, 11) is -1.81. The number of nitro groups is 1. The van der Waals surface area contributed by atoms with Crippen LogP contribution in [0.15, 0.2) is 48.5 Å². The fourth-order valence-corrected chi connectivity index (χ4v) is 5.72. The molecule has 2 amide bonds. The van der Waals surface area contributed by atoms with Crippen molar-refractivity contribution in [1.82, 2.24) is 0 Å². The summed E-state index contributed by atoms with van der Waals surface area (Å²) in [4.78, 5) is 26.5. The van der Waals surface area contributed by atoms with Gasteiger partial charge in [0.05, 0.1) is 35.6 Å². The lowest BCUT2D eigenvalue weighted by Gasteiger charge is -2.23. The summed E-state index contributed by atoms with van der Waals surface area (Å²) in [6.45, 7) is 0. The summed E-state index contributed by atoms with van der Waals surface area (Å²) in [5.41, 5.74) is 0.865. The van der Waals surface area contributed by atoms with Gasteiger partial charge in [-0.15, -0.1) is 0 Å². The number of hydrogen-bond donors (Lipinski definition) is 0. The third kappa shape index (κ3) is 2.95. The Morgan fingerprint density at radius 2 is 1.64 bits per heavy atom. The number of methoxy groups -OCH3 is 1. The highest BCUT2D eigenvalue weighted by atomic mass is 32.2. The molecule has 10 heteroatoms. The number of rotatable bonds is 4. The number of nitrogens with zero attached hydrogens (tertiary/aromatic N) is 3. The number of carbonyl (C=O) groups is 1. The molecule has 2 atom stereocenters. The quantitative estimate of drug-likeness (QED) is 0.440. The largest absolute Gasteiger partial charge is 0.497 e. The SMILES string of the molecule is COc1cccc(N2C(=O)N(c3ccc([N+](=O)[O-])cc3)[C@@H]3CS(=O)(=O)C[C@H]32)c1. The van der Waals surface area contributed by atoms with Crippen LogP contribution in [0.5, 0.6) is 5.75 Å². The van der Waals surface area contributed by atoms with E-state index in [-0.39, 0.29) is 23.2 Å². The lowest BCUT2D eigenvalue weighted by atomic mass is 10.1. The molecule has 0 N–H and O–H groups in total. The summed E-state index contributed by atoms with van der Waals surface area (Å²) in [5, 5.41) is 10.9. The Balaban J connectivity index is 1.77. The third-order valence-electron chi connectivity index (χ3n) is 5.04. The van der Waals surface area contributed by atoms with Crippen molar-refractivity contribution < 1.29 is 22.9 Å². The Morgan fingerprint density at radius 1 is 1.04 bits per heavy atom. The first-order valence-corrected chi connectivity index (χ1v) is 10.3. The molecular weight excluding hydrogens is 386 g/mol. The highest BCUT2D eigenvalue weighted by molar-refractivity contribution is 7.91. The Labute approximate surface area is 161 Å². The minimum atomic E-state index is -3.32. The van der Waals surface area contributed by atoms with Crippen molar-refractivity contribution in [3.8, 4) is 5.75 Å². The second-order valence-electron chi connectivity index (χ2n) is 6.71. The predicted octanol–water partition coefficient (Wildman–Crippen LogP) is 2.22. The number of ether oxygens (including phenoxy) is 1. The van der Waals surface area contributed by atoms with Gasteiger partial charge in [0.1, 0.15) is 5.75 Å². The number of nitro benzene ring substituents is 1. The zero-order valence-corrected chi connectivity index (χ0v) is 15.7. The fraction of sp³-hybridized carbons (Fsp3) is 0.278. The van der Waals surface area contributed by atoms with Gasteiger partial charge < -0.3 is 4.74 Å². The van der Waals surface area contributed by atoms with E-state index in [2.05, 4.69) is 0 Å². The molecule has 0 saturated carbocycles. The van der Waals surface area contributed by atoms with Crippen molar-refractivity contribution in [1.29, 1.82) is 0 Å². The second-order valence-corrected chi connectivity index (χ2v) is 8.86. The van der Waals surface area contributed by atoms with Crippen molar-refractivity contribution in [2.75, 3.05) is 28.4 Å². The number of amides is 2. The average molecular weight is 403 g/mol. The number of sulfone groups is 1. The number of urea groups is 1. The molecule has 2 aliphatic heterocycles. The van der Waals surface area contributed by atoms with E-state index in [1.807, 2.05) is 0 Å². The Kier molecular flexibility index (Phi) is 4.22. The standard InChI is InChI=1S/C18H17N3O6S/c1-27-15-4-2-3-14(9-15)20-17-11-28(25,26)10-16(17)19(18(20)22)12-5-7-13(8-6-12)21(23)24/h2-9,16-17H,10-11H2,1H3/t16-,17-/m1/s1. The molecule has 0 radical (unpaired) electrons. The maximum Gasteiger partial charge on any atom is 0.329 e. The van der Waals surface area contributed by atoms with E-state index in [0.717, 1.165) is 0 Å². The van der Waals surface area contributed by atoms with Crippen molar-refractivity contribution in [3.05, 3.63) is 58.6 Å². The Morgan fingerprint density at radius 3 is 2.21 bits per heavy atom. The van der Waals surface area contributed by atoms with Crippen LogP contribution in [0.25, 0.3) is 0 Å². The highest BCUT2D eigenvalue weighted by Gasteiger charge is 2.54. The maximum atomic E-state index is 13.2. The van der Waals surface area contributed by atoms with Gasteiger partial charge in [0.15, 0.2) is 9.84 Å². The molecule has 2 fully saturated rings. The molecule has 28 heavy (non-hydrogen) atoms. The molecular formula is C18H17N3O6S. The number of hydrogen-bond acceptors (Lipinski definition) is 6. The van der Waals surface area contributed by atoms with E-state index in [0.29, 0.717) is 17.1 Å². The van der Waals surface area contributed by atoms with E-state index >= 15 is 0 Å². The summed E-state index contributed by atoms with van der Waals surface area (Å²) in [6.07, 6.45) is 0. The Bertz CT molecular complexity index is 1050. The van der Waals surface area contributed by atoms with E-state index in [1.54, 1.807) is 24.3 Å². The molecule has 0 spiro atoms. The van der Waals surface area contributed by atoms with Gasteiger partial charge in [-0.05, 0) is 24.3 Å². The predicted molar refractivity (Wildman–Crippen MR) is 103 cm³/mol. The van der Waals surface area contributed by atoms with Gasteiger partial charge in [-0.3, -0.25) is 19.9 Å². The van der Waals surface area contributed by atoms with Crippen molar-refractivity contribution in [3.63, 3.8) is 0 Å². The van der Waals surface area contributed by atoms with E-state index in [1.165, 1.54) is 41.2 Å². The topological polar surface area (TPSA) is 110 Å². The molecule has 2 aliphatic rings. The van der Waals surface area contributed by atoms with Gasteiger partial charge in [-0.1, -0.05) is 6.07 Å². The molecule has 146 valence electrons. The molecule has 2 saturated heterocycles. The average Bonchev–Trinajstić information content (AvgIpc) is 3.10. The van der Waals surface area contributed by atoms with Crippen LogP contribution in [0.3, 0.4) is 0 Å². The number of non-ortho nitro benzene ring substituents is 1. The van der Waals surface area contributed by atoms with Crippen molar-refractivity contribution in [2.24, 2.45) is 0 Å². The van der Waals surface area contributed by atoms with Gasteiger partial charge in [0.25, 0.3) is 5.69 Å². The maximum absolute atomic E-state index is 13.2. The molecule has 2 aromatic carbocycles. The summed E-state index contributed by atoms with van der Waals surface area (Å²) >= 11 is 0. The molecule has 9 nitrogen and oxygen atoms in total. The minimum absolute atomic E-state index is 0.101. The van der Waals surface area contributed by atoms with Crippen LogP contribution >= 0.6 is 0 Å². The Hall–Kier alpha value is -3.14. The van der Waals surface area contributed by atoms with Crippen LogP contribution in [-0.2, 0) is 9.84 Å². The molecule has 0 bridgehead atoms. The normalized spacial score (nSPS) is 23.0. The molecule has 0 aliphatic carbocycles. The number of carbonyl (C=O) groups excluding carboxylic acids is 1. The van der Waals surface area contributed by atoms with Crippen LogP contribution < -0.4 is 14.5 Å². The van der Waals surface area contributed by atoms with E-state index in [9.17, 15) is 23.3 Å². The first kappa shape index (κ1) is 18.2.